The average molecular weight is 418 g/mol. The standard InChI is InChI=1S/C21H21ClFN3O3/c1-13-18(20(25-29-13)19-14(22)6-4-7-15(19)23)21(27)24-12-16(17-8-5-11-28-17)26-9-2-3-10-26/h4-8,11,16H,2-3,9-10,12H2,1H3,(H,24,27)/t16-/m0/s1. The molecule has 0 bridgehead atoms. The van der Waals surface area contributed by atoms with Crippen molar-refractivity contribution in [1.82, 2.24) is 15.4 Å². The van der Waals surface area contributed by atoms with Crippen LogP contribution in [0.4, 0.5) is 4.39 Å². The third kappa shape index (κ3) is 3.93. The Labute approximate surface area is 172 Å². The first kappa shape index (κ1) is 19.7. The zero-order valence-corrected chi connectivity index (χ0v) is 16.7. The molecule has 1 aliphatic rings. The van der Waals surface area contributed by atoms with E-state index in [1.165, 1.54) is 12.1 Å². The van der Waals surface area contributed by atoms with Gasteiger partial charge in [-0.25, -0.2) is 4.39 Å². The van der Waals surface area contributed by atoms with E-state index in [2.05, 4.69) is 15.4 Å². The van der Waals surface area contributed by atoms with Crippen molar-refractivity contribution in [2.75, 3.05) is 19.6 Å². The Morgan fingerprint density at radius 1 is 1.31 bits per heavy atom. The summed E-state index contributed by atoms with van der Waals surface area (Å²) in [7, 11) is 0. The average Bonchev–Trinajstić information content (AvgIpc) is 3.44. The number of aromatic nitrogens is 1. The number of nitrogens with one attached hydrogen (secondary N) is 1. The molecule has 1 saturated heterocycles. The van der Waals surface area contributed by atoms with Crippen LogP contribution in [0.25, 0.3) is 11.3 Å². The van der Waals surface area contributed by atoms with E-state index < -0.39 is 11.7 Å². The summed E-state index contributed by atoms with van der Waals surface area (Å²) in [6, 6.07) is 7.99. The van der Waals surface area contributed by atoms with Crippen LogP contribution in [0, 0.1) is 12.7 Å². The molecule has 1 N–H and O–H groups in total. The first-order valence-electron chi connectivity index (χ1n) is 9.52. The van der Waals surface area contributed by atoms with E-state index in [0.29, 0.717) is 12.3 Å². The van der Waals surface area contributed by atoms with Crippen LogP contribution in [0.15, 0.2) is 45.5 Å². The molecule has 0 radical (unpaired) electrons. The van der Waals surface area contributed by atoms with Crippen molar-refractivity contribution in [2.45, 2.75) is 25.8 Å². The highest BCUT2D eigenvalue weighted by molar-refractivity contribution is 6.33. The number of carbonyl (C=O) groups excluding carboxylic acids is 1. The fourth-order valence-corrected chi connectivity index (χ4v) is 4.01. The van der Waals surface area contributed by atoms with Crippen LogP contribution in [0.1, 0.15) is 40.8 Å². The number of likely N-dealkylation sites (tertiary alicyclic amines) is 1. The summed E-state index contributed by atoms with van der Waals surface area (Å²) in [5.41, 5.74) is 0.328. The smallest absolute Gasteiger partial charge is 0.257 e. The van der Waals surface area contributed by atoms with Gasteiger partial charge in [-0.3, -0.25) is 9.69 Å². The highest BCUT2D eigenvalue weighted by atomic mass is 35.5. The molecule has 0 saturated carbocycles. The van der Waals surface area contributed by atoms with Gasteiger partial charge >= 0.3 is 0 Å². The molecule has 1 aliphatic heterocycles. The molecule has 1 aromatic carbocycles. The van der Waals surface area contributed by atoms with Gasteiger partial charge in [0.2, 0.25) is 0 Å². The molecule has 3 heterocycles. The molecule has 1 atom stereocenters. The largest absolute Gasteiger partial charge is 0.468 e. The monoisotopic (exact) mass is 417 g/mol. The van der Waals surface area contributed by atoms with Crippen molar-refractivity contribution in [1.29, 1.82) is 0 Å². The quantitative estimate of drug-likeness (QED) is 0.634. The molecular formula is C21H21ClFN3O3. The van der Waals surface area contributed by atoms with Gasteiger partial charge in [0.1, 0.15) is 28.6 Å². The fourth-order valence-electron chi connectivity index (χ4n) is 3.76. The van der Waals surface area contributed by atoms with E-state index >= 15 is 0 Å². The number of hydrogen-bond acceptors (Lipinski definition) is 5. The molecule has 152 valence electrons. The SMILES string of the molecule is Cc1onc(-c2c(F)cccc2Cl)c1C(=O)NC[C@@H](c1ccco1)N1CCCC1. The molecule has 6 nitrogen and oxygen atoms in total. The molecule has 2 aromatic heterocycles. The summed E-state index contributed by atoms with van der Waals surface area (Å²) in [6.07, 6.45) is 3.86. The minimum Gasteiger partial charge on any atom is -0.468 e. The summed E-state index contributed by atoms with van der Waals surface area (Å²) in [4.78, 5) is 15.3. The molecule has 1 fully saturated rings. The summed E-state index contributed by atoms with van der Waals surface area (Å²) in [6.45, 7) is 3.86. The van der Waals surface area contributed by atoms with Gasteiger partial charge in [-0.1, -0.05) is 22.8 Å². The second-order valence-corrected chi connectivity index (χ2v) is 7.45. The number of benzene rings is 1. The first-order valence-corrected chi connectivity index (χ1v) is 9.90. The van der Waals surface area contributed by atoms with Crippen LogP contribution in [-0.2, 0) is 0 Å². The second-order valence-electron chi connectivity index (χ2n) is 7.04. The normalized spacial score (nSPS) is 15.6. The number of amides is 1. The summed E-state index contributed by atoms with van der Waals surface area (Å²) < 4.78 is 25.2. The third-order valence-corrected chi connectivity index (χ3v) is 5.51. The molecule has 0 aliphatic carbocycles. The van der Waals surface area contributed by atoms with Gasteiger partial charge in [0, 0.05) is 6.54 Å². The number of hydrogen-bond donors (Lipinski definition) is 1. The van der Waals surface area contributed by atoms with Gasteiger partial charge in [-0.05, 0) is 57.1 Å². The fraction of sp³-hybridized carbons (Fsp3) is 0.333. The van der Waals surface area contributed by atoms with Gasteiger partial charge < -0.3 is 14.3 Å². The van der Waals surface area contributed by atoms with Gasteiger partial charge in [0.25, 0.3) is 5.91 Å². The Bertz CT molecular complexity index is 977. The molecule has 8 heteroatoms. The van der Waals surface area contributed by atoms with Crippen LogP contribution in [0.3, 0.4) is 0 Å². The van der Waals surface area contributed by atoms with E-state index in [4.69, 9.17) is 20.5 Å². The van der Waals surface area contributed by atoms with E-state index in [-0.39, 0.29) is 27.9 Å². The molecule has 0 spiro atoms. The zero-order valence-electron chi connectivity index (χ0n) is 16.0. The molecule has 1 amide bonds. The Balaban J connectivity index is 1.58. The summed E-state index contributed by atoms with van der Waals surface area (Å²) in [5.74, 6) is 0.137. The van der Waals surface area contributed by atoms with Crippen LogP contribution in [0.5, 0.6) is 0 Å². The Morgan fingerprint density at radius 3 is 2.79 bits per heavy atom. The topological polar surface area (TPSA) is 71.5 Å². The van der Waals surface area contributed by atoms with Crippen molar-refractivity contribution >= 4 is 17.5 Å². The van der Waals surface area contributed by atoms with E-state index in [1.54, 1.807) is 19.3 Å². The van der Waals surface area contributed by atoms with Crippen molar-refractivity contribution in [3.8, 4) is 11.3 Å². The van der Waals surface area contributed by atoms with Crippen LogP contribution < -0.4 is 5.32 Å². The maximum atomic E-state index is 14.4. The van der Waals surface area contributed by atoms with Crippen LogP contribution in [-0.4, -0.2) is 35.6 Å². The minimum atomic E-state index is -0.564. The van der Waals surface area contributed by atoms with Crippen LogP contribution in [0.2, 0.25) is 5.02 Å². The lowest BCUT2D eigenvalue weighted by atomic mass is 10.0. The maximum absolute atomic E-state index is 14.4. The van der Waals surface area contributed by atoms with Gasteiger partial charge in [0.15, 0.2) is 0 Å². The number of aryl methyl sites for hydroxylation is 1. The van der Waals surface area contributed by atoms with E-state index in [0.717, 1.165) is 31.7 Å². The van der Waals surface area contributed by atoms with Crippen molar-refractivity contribution in [2.24, 2.45) is 0 Å². The molecular weight excluding hydrogens is 397 g/mol. The lowest BCUT2D eigenvalue weighted by molar-refractivity contribution is 0.0933. The highest BCUT2D eigenvalue weighted by Gasteiger charge is 2.29. The molecule has 4 rings (SSSR count). The van der Waals surface area contributed by atoms with E-state index in [1.807, 2.05) is 12.1 Å². The molecule has 29 heavy (non-hydrogen) atoms. The predicted octanol–water partition coefficient (Wildman–Crippen LogP) is 4.60. The number of rotatable bonds is 6. The van der Waals surface area contributed by atoms with Crippen molar-refractivity contribution < 1.29 is 18.1 Å². The van der Waals surface area contributed by atoms with Gasteiger partial charge in [-0.15, -0.1) is 0 Å². The predicted molar refractivity (Wildman–Crippen MR) is 106 cm³/mol. The molecule has 0 unspecified atom stereocenters. The van der Waals surface area contributed by atoms with Crippen molar-refractivity contribution in [3.63, 3.8) is 0 Å². The zero-order chi connectivity index (χ0) is 20.4. The first-order chi connectivity index (χ1) is 14.1. The maximum Gasteiger partial charge on any atom is 0.257 e. The minimum absolute atomic E-state index is 0.0540. The lowest BCUT2D eigenvalue weighted by Gasteiger charge is -2.26. The number of furan rings is 1. The van der Waals surface area contributed by atoms with Gasteiger partial charge in [0.05, 0.1) is 22.9 Å². The Hall–Kier alpha value is -2.64. The van der Waals surface area contributed by atoms with Gasteiger partial charge in [-0.2, -0.15) is 0 Å². The van der Waals surface area contributed by atoms with Crippen molar-refractivity contribution in [3.05, 3.63) is 64.5 Å². The number of nitrogens with zero attached hydrogens (tertiary/aromatic N) is 2. The Kier molecular flexibility index (Phi) is 5.69. The Morgan fingerprint density at radius 2 is 2.10 bits per heavy atom. The highest BCUT2D eigenvalue weighted by Crippen LogP contribution is 2.33. The number of halogens is 2. The summed E-state index contributed by atoms with van der Waals surface area (Å²) in [5, 5.41) is 6.99. The lowest BCUT2D eigenvalue weighted by Crippen LogP contribution is -2.36. The van der Waals surface area contributed by atoms with Crippen LogP contribution >= 0.6 is 11.6 Å². The third-order valence-electron chi connectivity index (χ3n) is 5.20. The number of carbonyl (C=O) groups is 1. The molecule has 3 aromatic rings. The summed E-state index contributed by atoms with van der Waals surface area (Å²) >= 11 is 6.16. The second kappa shape index (κ2) is 8.39. The van der Waals surface area contributed by atoms with E-state index in [9.17, 15) is 9.18 Å².